The maximum Gasteiger partial charge on any atom is 0.295 e. The number of aryl methyl sites for hydroxylation is 1. The molecule has 1 N–H and O–H groups in total. The van der Waals surface area contributed by atoms with Crippen LogP contribution in [0.25, 0.3) is 5.76 Å². The van der Waals surface area contributed by atoms with Gasteiger partial charge < -0.3 is 19.5 Å². The summed E-state index contributed by atoms with van der Waals surface area (Å²) in [5.41, 5.74) is 1.70. The number of rotatable bonds is 6. The highest BCUT2D eigenvalue weighted by atomic mass is 19.1. The summed E-state index contributed by atoms with van der Waals surface area (Å²) in [5, 5.41) is 11.2. The Morgan fingerprint density at radius 1 is 1.12 bits per heavy atom. The van der Waals surface area contributed by atoms with Crippen LogP contribution in [0, 0.1) is 12.7 Å². The van der Waals surface area contributed by atoms with E-state index in [0.29, 0.717) is 48.7 Å². The zero-order valence-corrected chi connectivity index (χ0v) is 18.7. The summed E-state index contributed by atoms with van der Waals surface area (Å²) in [4.78, 5) is 29.8. The Balaban J connectivity index is 1.75. The smallest absolute Gasteiger partial charge is 0.295 e. The lowest BCUT2D eigenvalue weighted by Gasteiger charge is -2.31. The first-order valence-electron chi connectivity index (χ1n) is 10.9. The average molecular weight is 454 g/mol. The second-order valence-electron chi connectivity index (χ2n) is 8.18. The number of aliphatic hydroxyl groups excluding tert-OH is 1. The molecular formula is C25H27FN2O5. The third kappa shape index (κ3) is 4.62. The normalized spacial score (nSPS) is 20.9. The molecule has 33 heavy (non-hydrogen) atoms. The van der Waals surface area contributed by atoms with Gasteiger partial charge in [0.25, 0.3) is 11.7 Å². The van der Waals surface area contributed by atoms with Crippen LogP contribution in [0.1, 0.15) is 22.7 Å². The van der Waals surface area contributed by atoms with E-state index in [0.717, 1.165) is 13.1 Å². The summed E-state index contributed by atoms with van der Waals surface area (Å²) < 4.78 is 24.2. The first kappa shape index (κ1) is 22.9. The quantitative estimate of drug-likeness (QED) is 0.411. The molecule has 7 nitrogen and oxygen atoms in total. The van der Waals surface area contributed by atoms with Gasteiger partial charge in [-0.2, -0.15) is 0 Å². The van der Waals surface area contributed by atoms with E-state index in [4.69, 9.17) is 9.47 Å². The van der Waals surface area contributed by atoms with Crippen molar-refractivity contribution in [2.45, 2.75) is 13.0 Å². The van der Waals surface area contributed by atoms with Gasteiger partial charge in [-0.3, -0.25) is 14.5 Å². The monoisotopic (exact) mass is 454 g/mol. The summed E-state index contributed by atoms with van der Waals surface area (Å²) in [6.45, 7) is 5.39. The number of Topliss-reactive ketones (excluding diaryl/α,β-unsaturated/α-hetero) is 1. The van der Waals surface area contributed by atoms with E-state index >= 15 is 0 Å². The van der Waals surface area contributed by atoms with Crippen LogP contribution in [0.2, 0.25) is 0 Å². The van der Waals surface area contributed by atoms with Crippen LogP contribution in [-0.2, 0) is 14.3 Å². The van der Waals surface area contributed by atoms with Gasteiger partial charge in [-0.25, -0.2) is 4.39 Å². The predicted octanol–water partition coefficient (Wildman–Crippen LogP) is 2.90. The molecule has 0 radical (unpaired) electrons. The lowest BCUT2D eigenvalue weighted by molar-refractivity contribution is -0.140. The summed E-state index contributed by atoms with van der Waals surface area (Å²) in [5.74, 6) is -1.49. The zero-order chi connectivity index (χ0) is 23.5. The molecule has 2 heterocycles. The third-order valence-electron chi connectivity index (χ3n) is 6.18. The Hall–Kier alpha value is -3.23. The number of ether oxygens (including phenoxy) is 2. The van der Waals surface area contributed by atoms with Gasteiger partial charge in [0, 0.05) is 31.7 Å². The molecule has 0 saturated carbocycles. The fourth-order valence-electron chi connectivity index (χ4n) is 4.35. The van der Waals surface area contributed by atoms with Gasteiger partial charge >= 0.3 is 0 Å². The third-order valence-corrected chi connectivity index (χ3v) is 6.18. The van der Waals surface area contributed by atoms with Gasteiger partial charge in [0.2, 0.25) is 0 Å². The van der Waals surface area contributed by atoms with Gasteiger partial charge in [-0.05, 0) is 48.4 Å². The SMILES string of the molecule is COc1ccc(/C(O)=C2/C(=O)C(=O)N(CCN3CCOCC3)C2c2ccc(F)cc2)c(C)c1. The van der Waals surface area contributed by atoms with E-state index < -0.39 is 23.5 Å². The van der Waals surface area contributed by atoms with Crippen molar-refractivity contribution >= 4 is 17.4 Å². The molecule has 0 aliphatic carbocycles. The van der Waals surface area contributed by atoms with Crippen LogP contribution in [-0.4, -0.2) is 73.1 Å². The van der Waals surface area contributed by atoms with Crippen molar-refractivity contribution in [3.05, 3.63) is 70.5 Å². The molecule has 1 atom stereocenters. The number of halogens is 1. The summed E-state index contributed by atoms with van der Waals surface area (Å²) >= 11 is 0. The number of benzene rings is 2. The topological polar surface area (TPSA) is 79.3 Å². The average Bonchev–Trinajstić information content (AvgIpc) is 3.08. The highest BCUT2D eigenvalue weighted by molar-refractivity contribution is 6.46. The number of aliphatic hydroxyl groups is 1. The Morgan fingerprint density at radius 2 is 1.82 bits per heavy atom. The fraction of sp³-hybridized carbons (Fsp3) is 0.360. The molecule has 1 amide bonds. The van der Waals surface area contributed by atoms with Gasteiger partial charge in [-0.1, -0.05) is 12.1 Å². The number of carbonyl (C=O) groups excluding carboxylic acids is 2. The minimum atomic E-state index is -0.812. The molecule has 0 aromatic heterocycles. The number of hydrogen-bond donors (Lipinski definition) is 1. The Labute approximate surface area is 192 Å². The molecule has 2 aromatic carbocycles. The molecule has 2 aliphatic heterocycles. The van der Waals surface area contributed by atoms with E-state index in [1.165, 1.54) is 17.0 Å². The standard InChI is InChI=1S/C25H27FN2O5/c1-16-15-19(32-2)7-8-20(16)23(29)21-22(17-3-5-18(26)6-4-17)28(25(31)24(21)30)10-9-27-11-13-33-14-12-27/h3-8,15,22,29H,9-14H2,1-2H3/b23-21-. The van der Waals surface area contributed by atoms with E-state index in [1.54, 1.807) is 44.4 Å². The second kappa shape index (κ2) is 9.72. The molecular weight excluding hydrogens is 427 g/mol. The maximum atomic E-state index is 13.6. The molecule has 2 aromatic rings. The van der Waals surface area contributed by atoms with E-state index in [9.17, 15) is 19.1 Å². The van der Waals surface area contributed by atoms with Gasteiger partial charge in [0.1, 0.15) is 17.3 Å². The van der Waals surface area contributed by atoms with Crippen molar-refractivity contribution in [1.29, 1.82) is 0 Å². The molecule has 174 valence electrons. The Bertz CT molecular complexity index is 1080. The van der Waals surface area contributed by atoms with Crippen molar-refractivity contribution in [2.24, 2.45) is 0 Å². The molecule has 2 saturated heterocycles. The minimum absolute atomic E-state index is 0.00172. The lowest BCUT2D eigenvalue weighted by atomic mass is 9.94. The van der Waals surface area contributed by atoms with Gasteiger partial charge in [0.05, 0.1) is 31.9 Å². The number of nitrogens with zero attached hydrogens (tertiary/aromatic N) is 2. The predicted molar refractivity (Wildman–Crippen MR) is 120 cm³/mol. The number of morpholine rings is 1. The van der Waals surface area contributed by atoms with E-state index in [-0.39, 0.29) is 11.3 Å². The first-order chi connectivity index (χ1) is 15.9. The van der Waals surface area contributed by atoms with Crippen LogP contribution in [0.5, 0.6) is 5.75 Å². The maximum absolute atomic E-state index is 13.6. The Morgan fingerprint density at radius 3 is 2.45 bits per heavy atom. The van der Waals surface area contributed by atoms with Crippen LogP contribution in [0.15, 0.2) is 48.0 Å². The molecule has 8 heteroatoms. The number of carbonyl (C=O) groups is 2. The molecule has 2 aliphatic rings. The van der Waals surface area contributed by atoms with Crippen LogP contribution < -0.4 is 4.74 Å². The molecule has 2 fully saturated rings. The summed E-state index contributed by atoms with van der Waals surface area (Å²) in [6, 6.07) is 9.94. The number of methoxy groups -OCH3 is 1. The van der Waals surface area contributed by atoms with Crippen LogP contribution in [0.3, 0.4) is 0 Å². The summed E-state index contributed by atoms with van der Waals surface area (Å²) in [7, 11) is 1.54. The molecule has 1 unspecified atom stereocenters. The highest BCUT2D eigenvalue weighted by Crippen LogP contribution is 2.40. The zero-order valence-electron chi connectivity index (χ0n) is 18.7. The summed E-state index contributed by atoms with van der Waals surface area (Å²) in [6.07, 6.45) is 0. The second-order valence-corrected chi connectivity index (χ2v) is 8.18. The number of likely N-dealkylation sites (tertiary alicyclic amines) is 1. The van der Waals surface area contributed by atoms with E-state index in [1.807, 2.05) is 0 Å². The van der Waals surface area contributed by atoms with Crippen molar-refractivity contribution < 1.29 is 28.6 Å². The fourth-order valence-corrected chi connectivity index (χ4v) is 4.35. The highest BCUT2D eigenvalue weighted by Gasteiger charge is 2.46. The number of hydrogen-bond acceptors (Lipinski definition) is 6. The lowest BCUT2D eigenvalue weighted by Crippen LogP contribution is -2.42. The van der Waals surface area contributed by atoms with Crippen molar-refractivity contribution in [3.63, 3.8) is 0 Å². The number of ketones is 1. The van der Waals surface area contributed by atoms with E-state index in [2.05, 4.69) is 4.90 Å². The minimum Gasteiger partial charge on any atom is -0.507 e. The molecule has 0 spiro atoms. The van der Waals surface area contributed by atoms with Crippen LogP contribution in [0.4, 0.5) is 4.39 Å². The van der Waals surface area contributed by atoms with Crippen molar-refractivity contribution in [2.75, 3.05) is 46.5 Å². The van der Waals surface area contributed by atoms with Gasteiger partial charge in [0.15, 0.2) is 0 Å². The number of amides is 1. The van der Waals surface area contributed by atoms with Crippen molar-refractivity contribution in [1.82, 2.24) is 9.80 Å². The molecule has 0 bridgehead atoms. The van der Waals surface area contributed by atoms with Crippen LogP contribution >= 0.6 is 0 Å². The largest absolute Gasteiger partial charge is 0.507 e. The Kier molecular flexibility index (Phi) is 6.76. The van der Waals surface area contributed by atoms with Gasteiger partial charge in [-0.15, -0.1) is 0 Å². The first-order valence-corrected chi connectivity index (χ1v) is 10.9. The molecule has 4 rings (SSSR count). The van der Waals surface area contributed by atoms with Crippen molar-refractivity contribution in [3.8, 4) is 5.75 Å².